The molecule has 0 aromatic heterocycles. The van der Waals surface area contributed by atoms with Crippen LogP contribution in [0.5, 0.6) is 0 Å². The SMILES string of the molecule is CCCSc1ccc(N)c(NC(=O)c2cccc(Br)c2)c1. The molecule has 0 aliphatic heterocycles. The normalized spacial score (nSPS) is 10.4. The Morgan fingerprint density at radius 1 is 1.29 bits per heavy atom. The summed E-state index contributed by atoms with van der Waals surface area (Å²) in [6, 6.07) is 13.0. The van der Waals surface area contributed by atoms with E-state index in [0.717, 1.165) is 21.5 Å². The number of thioether (sulfide) groups is 1. The van der Waals surface area contributed by atoms with E-state index >= 15 is 0 Å². The Hall–Kier alpha value is -1.46. The van der Waals surface area contributed by atoms with Crippen LogP contribution in [0.25, 0.3) is 0 Å². The van der Waals surface area contributed by atoms with Crippen molar-refractivity contribution in [1.82, 2.24) is 0 Å². The van der Waals surface area contributed by atoms with Gasteiger partial charge in [-0.05, 0) is 48.6 Å². The number of benzene rings is 2. The molecule has 0 bridgehead atoms. The van der Waals surface area contributed by atoms with Crippen LogP contribution in [0.3, 0.4) is 0 Å². The van der Waals surface area contributed by atoms with Crippen LogP contribution >= 0.6 is 27.7 Å². The molecule has 0 aliphatic rings. The molecule has 3 nitrogen and oxygen atoms in total. The minimum Gasteiger partial charge on any atom is -0.397 e. The van der Waals surface area contributed by atoms with Gasteiger partial charge >= 0.3 is 0 Å². The second-order valence-corrected chi connectivity index (χ2v) is 6.65. The van der Waals surface area contributed by atoms with Crippen LogP contribution in [0, 0.1) is 0 Å². The lowest BCUT2D eigenvalue weighted by molar-refractivity contribution is 0.102. The van der Waals surface area contributed by atoms with Crippen molar-refractivity contribution in [2.75, 3.05) is 16.8 Å². The number of nitrogens with one attached hydrogen (secondary N) is 1. The summed E-state index contributed by atoms with van der Waals surface area (Å²) in [5, 5.41) is 2.87. The van der Waals surface area contributed by atoms with Crippen LogP contribution in [0.2, 0.25) is 0 Å². The van der Waals surface area contributed by atoms with Crippen molar-refractivity contribution in [3.63, 3.8) is 0 Å². The third-order valence-electron chi connectivity index (χ3n) is 2.83. The Bertz CT molecular complexity index is 646. The Labute approximate surface area is 137 Å². The Morgan fingerprint density at radius 2 is 2.10 bits per heavy atom. The van der Waals surface area contributed by atoms with Crippen LogP contribution in [0.15, 0.2) is 51.8 Å². The molecule has 21 heavy (non-hydrogen) atoms. The number of carbonyl (C=O) groups is 1. The number of amides is 1. The molecular formula is C16H17BrN2OS. The van der Waals surface area contributed by atoms with Gasteiger partial charge in [0.2, 0.25) is 0 Å². The molecule has 0 heterocycles. The third-order valence-corrected chi connectivity index (χ3v) is 4.53. The minimum absolute atomic E-state index is 0.166. The zero-order valence-electron chi connectivity index (χ0n) is 11.7. The average Bonchev–Trinajstić information content (AvgIpc) is 2.48. The average molecular weight is 365 g/mol. The topological polar surface area (TPSA) is 55.1 Å². The number of hydrogen-bond donors (Lipinski definition) is 2. The van der Waals surface area contributed by atoms with Gasteiger partial charge in [0.25, 0.3) is 5.91 Å². The monoisotopic (exact) mass is 364 g/mol. The molecule has 0 saturated heterocycles. The molecule has 0 radical (unpaired) electrons. The van der Waals surface area contributed by atoms with Gasteiger partial charge in [-0.3, -0.25) is 4.79 Å². The van der Waals surface area contributed by atoms with Gasteiger partial charge < -0.3 is 11.1 Å². The maximum Gasteiger partial charge on any atom is 0.255 e. The molecule has 3 N–H and O–H groups in total. The highest BCUT2D eigenvalue weighted by Gasteiger charge is 2.09. The lowest BCUT2D eigenvalue weighted by Gasteiger charge is -2.10. The van der Waals surface area contributed by atoms with Crippen LogP contribution in [-0.4, -0.2) is 11.7 Å². The smallest absolute Gasteiger partial charge is 0.255 e. The van der Waals surface area contributed by atoms with Gasteiger partial charge in [0.1, 0.15) is 0 Å². The standard InChI is InChI=1S/C16H17BrN2OS/c1-2-8-21-13-6-7-14(18)15(10-13)19-16(20)11-4-3-5-12(17)9-11/h3-7,9-10H,2,8,18H2,1H3,(H,19,20). The number of carbonyl (C=O) groups excluding carboxylic acids is 1. The van der Waals surface area contributed by atoms with Gasteiger partial charge in [0, 0.05) is 14.9 Å². The second kappa shape index (κ2) is 7.52. The zero-order chi connectivity index (χ0) is 15.2. The van der Waals surface area contributed by atoms with Crippen LogP contribution in [0.1, 0.15) is 23.7 Å². The number of hydrogen-bond acceptors (Lipinski definition) is 3. The molecule has 0 aliphatic carbocycles. The molecule has 2 aromatic carbocycles. The lowest BCUT2D eigenvalue weighted by Crippen LogP contribution is -2.13. The summed E-state index contributed by atoms with van der Waals surface area (Å²) in [5.41, 5.74) is 7.76. The van der Waals surface area contributed by atoms with Gasteiger partial charge in [-0.1, -0.05) is 28.9 Å². The van der Waals surface area contributed by atoms with Gasteiger partial charge in [-0.25, -0.2) is 0 Å². The summed E-state index contributed by atoms with van der Waals surface area (Å²) >= 11 is 5.12. The predicted octanol–water partition coefficient (Wildman–Crippen LogP) is 4.79. The highest BCUT2D eigenvalue weighted by Crippen LogP contribution is 2.27. The van der Waals surface area contributed by atoms with Crippen molar-refractivity contribution < 1.29 is 4.79 Å². The number of halogens is 1. The highest BCUT2D eigenvalue weighted by molar-refractivity contribution is 9.10. The molecule has 0 unspecified atom stereocenters. The van der Waals surface area contributed by atoms with Crippen molar-refractivity contribution in [1.29, 1.82) is 0 Å². The predicted molar refractivity (Wildman–Crippen MR) is 94.0 cm³/mol. The maximum absolute atomic E-state index is 12.2. The molecule has 0 saturated carbocycles. The summed E-state index contributed by atoms with van der Waals surface area (Å²) in [6.07, 6.45) is 1.11. The first-order chi connectivity index (χ1) is 10.1. The molecule has 1 amide bonds. The van der Waals surface area contributed by atoms with E-state index in [2.05, 4.69) is 28.2 Å². The molecule has 0 spiro atoms. The fraction of sp³-hybridized carbons (Fsp3) is 0.188. The maximum atomic E-state index is 12.2. The molecule has 2 rings (SSSR count). The van der Waals surface area contributed by atoms with Crippen molar-refractivity contribution in [3.05, 3.63) is 52.5 Å². The van der Waals surface area contributed by atoms with E-state index in [4.69, 9.17) is 5.73 Å². The molecule has 5 heteroatoms. The first kappa shape index (κ1) is 15.9. The van der Waals surface area contributed by atoms with E-state index in [1.54, 1.807) is 23.9 Å². The van der Waals surface area contributed by atoms with E-state index in [1.165, 1.54) is 0 Å². The van der Waals surface area contributed by atoms with E-state index < -0.39 is 0 Å². The summed E-state index contributed by atoms with van der Waals surface area (Å²) in [4.78, 5) is 13.4. The van der Waals surface area contributed by atoms with Crippen LogP contribution in [0.4, 0.5) is 11.4 Å². The van der Waals surface area contributed by atoms with Gasteiger partial charge in [-0.2, -0.15) is 0 Å². The van der Waals surface area contributed by atoms with Crippen molar-refractivity contribution in [2.45, 2.75) is 18.2 Å². The Balaban J connectivity index is 2.16. The van der Waals surface area contributed by atoms with Gasteiger partial charge in [0.05, 0.1) is 11.4 Å². The van der Waals surface area contributed by atoms with Gasteiger partial charge in [0.15, 0.2) is 0 Å². The van der Waals surface area contributed by atoms with E-state index in [9.17, 15) is 4.79 Å². The van der Waals surface area contributed by atoms with Crippen LogP contribution in [-0.2, 0) is 0 Å². The summed E-state index contributed by atoms with van der Waals surface area (Å²) < 4.78 is 0.871. The lowest BCUT2D eigenvalue weighted by atomic mass is 10.2. The fourth-order valence-electron chi connectivity index (χ4n) is 1.78. The van der Waals surface area contributed by atoms with Crippen molar-refractivity contribution >= 4 is 45.0 Å². The first-order valence-corrected chi connectivity index (χ1v) is 8.47. The number of rotatable bonds is 5. The second-order valence-electron chi connectivity index (χ2n) is 4.56. The summed E-state index contributed by atoms with van der Waals surface area (Å²) in [5.74, 6) is 0.879. The first-order valence-electron chi connectivity index (χ1n) is 6.69. The number of nitrogen functional groups attached to an aromatic ring is 1. The largest absolute Gasteiger partial charge is 0.397 e. The zero-order valence-corrected chi connectivity index (χ0v) is 14.1. The van der Waals surface area contributed by atoms with Crippen LogP contribution < -0.4 is 11.1 Å². The Kier molecular flexibility index (Phi) is 5.70. The number of nitrogens with two attached hydrogens (primary N) is 1. The molecular weight excluding hydrogens is 348 g/mol. The molecule has 0 fully saturated rings. The molecule has 110 valence electrons. The summed E-state index contributed by atoms with van der Waals surface area (Å²) in [7, 11) is 0. The van der Waals surface area contributed by atoms with Crippen molar-refractivity contribution in [3.8, 4) is 0 Å². The molecule has 2 aromatic rings. The number of anilines is 2. The van der Waals surface area contributed by atoms with E-state index in [-0.39, 0.29) is 5.91 Å². The third kappa shape index (κ3) is 4.51. The fourth-order valence-corrected chi connectivity index (χ4v) is 2.98. The van der Waals surface area contributed by atoms with E-state index in [1.807, 2.05) is 30.3 Å². The minimum atomic E-state index is -0.166. The molecule has 0 atom stereocenters. The van der Waals surface area contributed by atoms with E-state index in [0.29, 0.717) is 16.9 Å². The summed E-state index contributed by atoms with van der Waals surface area (Å²) in [6.45, 7) is 2.14. The van der Waals surface area contributed by atoms with Crippen molar-refractivity contribution in [2.24, 2.45) is 0 Å². The quantitative estimate of drug-likeness (QED) is 0.592. The Morgan fingerprint density at radius 3 is 2.81 bits per heavy atom. The highest BCUT2D eigenvalue weighted by atomic mass is 79.9. The van der Waals surface area contributed by atoms with Gasteiger partial charge in [-0.15, -0.1) is 11.8 Å².